The van der Waals surface area contributed by atoms with E-state index in [1.54, 1.807) is 12.4 Å². The van der Waals surface area contributed by atoms with E-state index in [4.69, 9.17) is 0 Å². The summed E-state index contributed by atoms with van der Waals surface area (Å²) in [4.78, 5) is 21.3. The molecule has 3 heterocycles. The lowest BCUT2D eigenvalue weighted by Crippen LogP contribution is -2.13. The molecule has 4 rings (SSSR count). The van der Waals surface area contributed by atoms with Gasteiger partial charge in [0.2, 0.25) is 0 Å². The number of rotatable bonds is 5. The van der Waals surface area contributed by atoms with Gasteiger partial charge in [0.25, 0.3) is 5.91 Å². The Bertz CT molecular complexity index is 1150. The lowest BCUT2D eigenvalue weighted by Gasteiger charge is -2.09. The van der Waals surface area contributed by atoms with Crippen molar-refractivity contribution in [2.75, 3.05) is 5.75 Å². The molecular weight excluding hydrogens is 392 g/mol. The summed E-state index contributed by atoms with van der Waals surface area (Å²) in [5, 5.41) is 11.2. The van der Waals surface area contributed by atoms with Crippen molar-refractivity contribution >= 4 is 29.0 Å². The molecule has 0 N–H and O–H groups in total. The molecule has 0 saturated carbocycles. The van der Waals surface area contributed by atoms with Crippen LogP contribution in [0.25, 0.3) is 17.1 Å². The second-order valence-corrected chi connectivity index (χ2v) is 7.63. The minimum absolute atomic E-state index is 0.176. The highest BCUT2D eigenvalue weighted by molar-refractivity contribution is 7.99. The highest BCUT2D eigenvalue weighted by atomic mass is 32.2. The number of thiazole rings is 1. The fourth-order valence-corrected chi connectivity index (χ4v) is 4.04. The SMILES string of the molecule is Cn1ccsc1=NC(=O)CSc1nnc(-c2cccnc2)n1-c1ccccc1. The molecule has 3 aromatic heterocycles. The summed E-state index contributed by atoms with van der Waals surface area (Å²) in [7, 11) is 1.86. The average molecular weight is 409 g/mol. The number of para-hydroxylation sites is 1. The Balaban J connectivity index is 1.65. The van der Waals surface area contributed by atoms with Crippen molar-refractivity contribution in [1.82, 2.24) is 24.3 Å². The van der Waals surface area contributed by atoms with E-state index in [-0.39, 0.29) is 11.7 Å². The van der Waals surface area contributed by atoms with Crippen LogP contribution in [0.15, 0.2) is 76.6 Å². The number of thioether (sulfide) groups is 1. The molecule has 1 aromatic carbocycles. The van der Waals surface area contributed by atoms with Crippen molar-refractivity contribution in [3.8, 4) is 17.1 Å². The number of pyridine rings is 1. The van der Waals surface area contributed by atoms with Crippen LogP contribution in [-0.2, 0) is 11.8 Å². The second-order valence-electron chi connectivity index (χ2n) is 5.81. The third kappa shape index (κ3) is 3.95. The largest absolute Gasteiger partial charge is 0.327 e. The van der Waals surface area contributed by atoms with Gasteiger partial charge in [0.15, 0.2) is 15.8 Å². The van der Waals surface area contributed by atoms with E-state index in [0.29, 0.717) is 15.8 Å². The molecule has 0 fully saturated rings. The Hall–Kier alpha value is -3.04. The molecule has 0 saturated heterocycles. The van der Waals surface area contributed by atoms with E-state index in [2.05, 4.69) is 20.2 Å². The zero-order valence-electron chi connectivity index (χ0n) is 15.0. The van der Waals surface area contributed by atoms with Gasteiger partial charge in [-0.3, -0.25) is 14.3 Å². The van der Waals surface area contributed by atoms with Crippen LogP contribution in [0.5, 0.6) is 0 Å². The lowest BCUT2D eigenvalue weighted by molar-refractivity contribution is -0.115. The number of carbonyl (C=O) groups excluding carboxylic acids is 1. The van der Waals surface area contributed by atoms with Gasteiger partial charge in [0.05, 0.1) is 5.75 Å². The number of hydrogen-bond donors (Lipinski definition) is 0. The first-order valence-electron chi connectivity index (χ1n) is 8.44. The summed E-state index contributed by atoms with van der Waals surface area (Å²) in [5.74, 6) is 0.639. The van der Waals surface area contributed by atoms with Crippen molar-refractivity contribution in [2.45, 2.75) is 5.16 Å². The Morgan fingerprint density at radius 1 is 1.18 bits per heavy atom. The quantitative estimate of drug-likeness (QED) is 0.475. The van der Waals surface area contributed by atoms with Gasteiger partial charge in [-0.25, -0.2) is 0 Å². The number of carbonyl (C=O) groups is 1. The van der Waals surface area contributed by atoms with Gasteiger partial charge < -0.3 is 4.57 Å². The number of aromatic nitrogens is 5. The predicted octanol–water partition coefficient (Wildman–Crippen LogP) is 2.95. The molecule has 0 radical (unpaired) electrons. The first-order valence-corrected chi connectivity index (χ1v) is 10.3. The number of hydrogen-bond acceptors (Lipinski definition) is 6. The third-order valence-electron chi connectivity index (χ3n) is 3.87. The van der Waals surface area contributed by atoms with Gasteiger partial charge in [-0.2, -0.15) is 4.99 Å². The van der Waals surface area contributed by atoms with Crippen LogP contribution in [0.3, 0.4) is 0 Å². The van der Waals surface area contributed by atoms with E-state index < -0.39 is 0 Å². The normalized spacial score (nSPS) is 11.7. The van der Waals surface area contributed by atoms with E-state index in [1.165, 1.54) is 23.1 Å². The van der Waals surface area contributed by atoms with E-state index >= 15 is 0 Å². The summed E-state index contributed by atoms with van der Waals surface area (Å²) >= 11 is 2.74. The van der Waals surface area contributed by atoms with Gasteiger partial charge in [-0.1, -0.05) is 30.0 Å². The van der Waals surface area contributed by atoms with Crippen LogP contribution < -0.4 is 4.80 Å². The molecular formula is C19H16N6OS2. The Morgan fingerprint density at radius 2 is 2.04 bits per heavy atom. The second kappa shape index (κ2) is 8.32. The predicted molar refractivity (Wildman–Crippen MR) is 109 cm³/mol. The summed E-state index contributed by atoms with van der Waals surface area (Å²) in [6, 6.07) is 13.6. The number of amides is 1. The molecule has 0 aliphatic carbocycles. The first-order chi connectivity index (χ1) is 13.7. The molecule has 9 heteroatoms. The van der Waals surface area contributed by atoms with E-state index in [0.717, 1.165) is 11.3 Å². The fraction of sp³-hybridized carbons (Fsp3) is 0.105. The van der Waals surface area contributed by atoms with Crippen molar-refractivity contribution in [2.24, 2.45) is 12.0 Å². The van der Waals surface area contributed by atoms with Crippen LogP contribution in [0, 0.1) is 0 Å². The summed E-state index contributed by atoms with van der Waals surface area (Å²) in [5.41, 5.74) is 1.77. The van der Waals surface area contributed by atoms with Crippen molar-refractivity contribution in [3.05, 3.63) is 71.2 Å². The molecule has 140 valence electrons. The van der Waals surface area contributed by atoms with Crippen molar-refractivity contribution in [1.29, 1.82) is 0 Å². The minimum atomic E-state index is -0.214. The Morgan fingerprint density at radius 3 is 2.75 bits per heavy atom. The fourth-order valence-electron chi connectivity index (χ4n) is 2.56. The maximum Gasteiger partial charge on any atom is 0.258 e. The number of nitrogens with zero attached hydrogens (tertiary/aromatic N) is 6. The van der Waals surface area contributed by atoms with Gasteiger partial charge in [0.1, 0.15) is 0 Å². The zero-order chi connectivity index (χ0) is 19.3. The van der Waals surface area contributed by atoms with Gasteiger partial charge >= 0.3 is 0 Å². The smallest absolute Gasteiger partial charge is 0.258 e. The topological polar surface area (TPSA) is 78.0 Å². The van der Waals surface area contributed by atoms with Crippen molar-refractivity contribution < 1.29 is 4.79 Å². The monoisotopic (exact) mass is 408 g/mol. The zero-order valence-corrected chi connectivity index (χ0v) is 16.6. The first kappa shape index (κ1) is 18.3. The molecule has 7 nitrogen and oxygen atoms in total. The minimum Gasteiger partial charge on any atom is -0.327 e. The third-order valence-corrected chi connectivity index (χ3v) is 5.63. The maximum absolute atomic E-state index is 12.3. The molecule has 1 amide bonds. The summed E-state index contributed by atoms with van der Waals surface area (Å²) < 4.78 is 3.75. The standard InChI is InChI=1S/C19H16N6OS2/c1-24-10-11-27-18(24)21-16(26)13-28-19-23-22-17(14-6-5-9-20-12-14)25(19)15-7-3-2-4-8-15/h2-12H,13H2,1H3. The summed E-state index contributed by atoms with van der Waals surface area (Å²) in [6.45, 7) is 0. The Labute approximate surface area is 169 Å². The van der Waals surface area contributed by atoms with E-state index in [1.807, 2.05) is 70.2 Å². The maximum atomic E-state index is 12.3. The average Bonchev–Trinajstić information content (AvgIpc) is 3.34. The molecule has 0 aliphatic rings. The van der Waals surface area contributed by atoms with Crippen molar-refractivity contribution in [3.63, 3.8) is 0 Å². The molecule has 0 aliphatic heterocycles. The molecule has 0 bridgehead atoms. The molecule has 0 spiro atoms. The van der Waals surface area contributed by atoms with Gasteiger partial charge in [-0.15, -0.1) is 21.5 Å². The van der Waals surface area contributed by atoms with E-state index in [9.17, 15) is 4.79 Å². The molecule has 4 aromatic rings. The summed E-state index contributed by atoms with van der Waals surface area (Å²) in [6.07, 6.45) is 5.33. The van der Waals surface area contributed by atoms with Crippen LogP contribution in [0.1, 0.15) is 0 Å². The Kier molecular flexibility index (Phi) is 5.45. The van der Waals surface area contributed by atoms with Crippen LogP contribution in [0.2, 0.25) is 0 Å². The molecule has 0 atom stereocenters. The molecule has 0 unspecified atom stereocenters. The highest BCUT2D eigenvalue weighted by Crippen LogP contribution is 2.27. The molecule has 28 heavy (non-hydrogen) atoms. The van der Waals surface area contributed by atoms with Crippen LogP contribution in [0.4, 0.5) is 0 Å². The van der Waals surface area contributed by atoms with Crippen LogP contribution >= 0.6 is 23.1 Å². The number of aryl methyl sites for hydroxylation is 1. The highest BCUT2D eigenvalue weighted by Gasteiger charge is 2.17. The van der Waals surface area contributed by atoms with Gasteiger partial charge in [-0.05, 0) is 24.3 Å². The number of benzene rings is 1. The van der Waals surface area contributed by atoms with Gasteiger partial charge in [0, 0.05) is 42.3 Å². The van der Waals surface area contributed by atoms with Crippen LogP contribution in [-0.4, -0.2) is 36.0 Å². The lowest BCUT2D eigenvalue weighted by atomic mass is 10.2.